The van der Waals surface area contributed by atoms with Crippen molar-refractivity contribution in [2.24, 2.45) is 0 Å². The summed E-state index contributed by atoms with van der Waals surface area (Å²) in [5.74, 6) is -0.0318. The first-order valence-electron chi connectivity index (χ1n) is 6.95. The first kappa shape index (κ1) is 14.4. The summed E-state index contributed by atoms with van der Waals surface area (Å²) in [5.41, 5.74) is 2.98. The molecule has 0 aliphatic rings. The van der Waals surface area contributed by atoms with E-state index in [1.54, 1.807) is 24.3 Å². The fourth-order valence-corrected chi connectivity index (χ4v) is 2.35. The minimum absolute atomic E-state index is 0.0318. The molecule has 0 radical (unpaired) electrons. The number of nitrogens with one attached hydrogen (secondary N) is 1. The summed E-state index contributed by atoms with van der Waals surface area (Å²) >= 11 is 5.88. The molecule has 3 aromatic carbocycles. The molecule has 0 saturated carbocycles. The SMILES string of the molecule is O=C(c1ccc(Cl)cc1)c1ccccc1Nc1ccccc1. The van der Waals surface area contributed by atoms with Crippen molar-refractivity contribution in [2.75, 3.05) is 5.32 Å². The Balaban J connectivity index is 1.94. The lowest BCUT2D eigenvalue weighted by atomic mass is 10.0. The number of hydrogen-bond acceptors (Lipinski definition) is 2. The minimum Gasteiger partial charge on any atom is -0.355 e. The zero-order valence-electron chi connectivity index (χ0n) is 11.8. The van der Waals surface area contributed by atoms with Gasteiger partial charge in [-0.05, 0) is 48.5 Å². The smallest absolute Gasteiger partial charge is 0.195 e. The molecule has 1 N–H and O–H groups in total. The van der Waals surface area contributed by atoms with Crippen molar-refractivity contribution in [3.05, 3.63) is 95.0 Å². The second-order valence-corrected chi connectivity index (χ2v) is 5.31. The second kappa shape index (κ2) is 6.46. The largest absolute Gasteiger partial charge is 0.355 e. The quantitative estimate of drug-likeness (QED) is 0.661. The maximum Gasteiger partial charge on any atom is 0.195 e. The Kier molecular flexibility index (Phi) is 4.22. The Labute approximate surface area is 134 Å². The zero-order chi connectivity index (χ0) is 15.4. The first-order chi connectivity index (χ1) is 10.7. The third-order valence-electron chi connectivity index (χ3n) is 3.33. The molecule has 3 aromatic rings. The molecule has 0 unspecified atom stereocenters. The van der Waals surface area contributed by atoms with Crippen LogP contribution in [0.2, 0.25) is 5.02 Å². The van der Waals surface area contributed by atoms with Gasteiger partial charge in [-0.25, -0.2) is 0 Å². The molecular formula is C19H14ClNO. The maximum atomic E-state index is 12.7. The number of carbonyl (C=O) groups excluding carboxylic acids is 1. The van der Waals surface area contributed by atoms with E-state index in [0.29, 0.717) is 16.1 Å². The molecule has 22 heavy (non-hydrogen) atoms. The van der Waals surface area contributed by atoms with E-state index in [2.05, 4.69) is 5.32 Å². The molecule has 0 aliphatic heterocycles. The third-order valence-corrected chi connectivity index (χ3v) is 3.58. The van der Waals surface area contributed by atoms with E-state index in [9.17, 15) is 4.79 Å². The van der Waals surface area contributed by atoms with E-state index >= 15 is 0 Å². The summed E-state index contributed by atoms with van der Waals surface area (Å²) in [7, 11) is 0. The zero-order valence-corrected chi connectivity index (χ0v) is 12.5. The lowest BCUT2D eigenvalue weighted by Gasteiger charge is -2.11. The first-order valence-corrected chi connectivity index (χ1v) is 7.33. The third kappa shape index (κ3) is 3.18. The molecule has 0 saturated heterocycles. The van der Waals surface area contributed by atoms with Crippen LogP contribution in [0.15, 0.2) is 78.9 Å². The molecule has 0 fully saturated rings. The summed E-state index contributed by atoms with van der Waals surface area (Å²) < 4.78 is 0. The summed E-state index contributed by atoms with van der Waals surface area (Å²) in [5, 5.41) is 3.91. The van der Waals surface area contributed by atoms with Crippen LogP contribution in [0.3, 0.4) is 0 Å². The monoisotopic (exact) mass is 307 g/mol. The van der Waals surface area contributed by atoms with E-state index in [-0.39, 0.29) is 5.78 Å². The average Bonchev–Trinajstić information content (AvgIpc) is 2.56. The van der Waals surface area contributed by atoms with Crippen molar-refractivity contribution in [3.63, 3.8) is 0 Å². The van der Waals surface area contributed by atoms with Gasteiger partial charge in [0.1, 0.15) is 0 Å². The van der Waals surface area contributed by atoms with Gasteiger partial charge in [-0.3, -0.25) is 4.79 Å². The standard InChI is InChI=1S/C19H14ClNO/c20-15-12-10-14(11-13-15)19(22)17-8-4-5-9-18(17)21-16-6-2-1-3-7-16/h1-13,21H. The molecular weight excluding hydrogens is 294 g/mol. The molecule has 0 amide bonds. The second-order valence-electron chi connectivity index (χ2n) is 4.87. The Hall–Kier alpha value is -2.58. The van der Waals surface area contributed by atoms with E-state index in [1.807, 2.05) is 54.6 Å². The van der Waals surface area contributed by atoms with Gasteiger partial charge in [-0.2, -0.15) is 0 Å². The van der Waals surface area contributed by atoms with Gasteiger partial charge in [-0.15, -0.1) is 0 Å². The molecule has 0 atom stereocenters. The van der Waals surface area contributed by atoms with Crippen LogP contribution in [0.1, 0.15) is 15.9 Å². The summed E-state index contributed by atoms with van der Waals surface area (Å²) in [6.07, 6.45) is 0. The normalized spacial score (nSPS) is 10.2. The molecule has 108 valence electrons. The highest BCUT2D eigenvalue weighted by Crippen LogP contribution is 2.23. The van der Waals surface area contributed by atoms with Gasteiger partial charge in [0.15, 0.2) is 5.78 Å². The predicted molar refractivity (Wildman–Crippen MR) is 91.1 cm³/mol. The van der Waals surface area contributed by atoms with Crippen LogP contribution in [-0.2, 0) is 0 Å². The summed E-state index contributed by atoms with van der Waals surface area (Å²) in [6.45, 7) is 0. The highest BCUT2D eigenvalue weighted by atomic mass is 35.5. The number of halogens is 1. The van der Waals surface area contributed by atoms with E-state index in [1.165, 1.54) is 0 Å². The number of rotatable bonds is 4. The van der Waals surface area contributed by atoms with Gasteiger partial charge in [0.25, 0.3) is 0 Å². The fraction of sp³-hybridized carbons (Fsp3) is 0. The van der Waals surface area contributed by atoms with Gasteiger partial charge < -0.3 is 5.32 Å². The molecule has 0 aromatic heterocycles. The van der Waals surface area contributed by atoms with Crippen molar-refractivity contribution in [3.8, 4) is 0 Å². The van der Waals surface area contributed by atoms with E-state index < -0.39 is 0 Å². The highest BCUT2D eigenvalue weighted by molar-refractivity contribution is 6.30. The van der Waals surface area contributed by atoms with Gasteiger partial charge in [0.2, 0.25) is 0 Å². The van der Waals surface area contributed by atoms with Gasteiger partial charge >= 0.3 is 0 Å². The van der Waals surface area contributed by atoms with E-state index in [0.717, 1.165) is 11.4 Å². The Morgan fingerprint density at radius 3 is 2.14 bits per heavy atom. The summed E-state index contributed by atoms with van der Waals surface area (Å²) in [6, 6.07) is 24.2. The molecule has 3 heteroatoms. The van der Waals surface area contributed by atoms with Crippen LogP contribution >= 0.6 is 11.6 Å². The number of anilines is 2. The average molecular weight is 308 g/mol. The highest BCUT2D eigenvalue weighted by Gasteiger charge is 2.13. The molecule has 3 rings (SSSR count). The van der Waals surface area contributed by atoms with Crippen molar-refractivity contribution in [2.45, 2.75) is 0 Å². The molecule has 0 spiro atoms. The number of benzene rings is 3. The fourth-order valence-electron chi connectivity index (χ4n) is 2.22. The van der Waals surface area contributed by atoms with Crippen LogP contribution in [-0.4, -0.2) is 5.78 Å². The molecule has 0 aliphatic carbocycles. The number of carbonyl (C=O) groups is 1. The Bertz CT molecular complexity index is 782. The van der Waals surface area contributed by atoms with Crippen LogP contribution in [0.5, 0.6) is 0 Å². The molecule has 0 heterocycles. The number of hydrogen-bond donors (Lipinski definition) is 1. The van der Waals surface area contributed by atoms with Gasteiger partial charge in [0, 0.05) is 27.5 Å². The molecule has 0 bridgehead atoms. The number of para-hydroxylation sites is 2. The molecule has 2 nitrogen and oxygen atoms in total. The van der Waals surface area contributed by atoms with Gasteiger partial charge in [-0.1, -0.05) is 41.9 Å². The van der Waals surface area contributed by atoms with Crippen LogP contribution < -0.4 is 5.32 Å². The lowest BCUT2D eigenvalue weighted by Crippen LogP contribution is -2.05. The van der Waals surface area contributed by atoms with Crippen molar-refractivity contribution >= 4 is 28.8 Å². The van der Waals surface area contributed by atoms with E-state index in [4.69, 9.17) is 11.6 Å². The maximum absolute atomic E-state index is 12.7. The van der Waals surface area contributed by atoms with Crippen LogP contribution in [0.25, 0.3) is 0 Å². The number of ketones is 1. The predicted octanol–water partition coefficient (Wildman–Crippen LogP) is 5.31. The minimum atomic E-state index is -0.0318. The lowest BCUT2D eigenvalue weighted by molar-refractivity contribution is 0.103. The van der Waals surface area contributed by atoms with Crippen LogP contribution in [0, 0.1) is 0 Å². The Morgan fingerprint density at radius 1 is 0.773 bits per heavy atom. The van der Waals surface area contributed by atoms with Gasteiger partial charge in [0.05, 0.1) is 0 Å². The summed E-state index contributed by atoms with van der Waals surface area (Å²) in [4.78, 5) is 12.7. The van der Waals surface area contributed by atoms with Crippen LogP contribution in [0.4, 0.5) is 11.4 Å². The van der Waals surface area contributed by atoms with Crippen molar-refractivity contribution < 1.29 is 4.79 Å². The van der Waals surface area contributed by atoms with Crippen molar-refractivity contribution in [1.82, 2.24) is 0 Å². The Morgan fingerprint density at radius 2 is 1.41 bits per heavy atom. The topological polar surface area (TPSA) is 29.1 Å². The van der Waals surface area contributed by atoms with Crippen molar-refractivity contribution in [1.29, 1.82) is 0 Å².